The lowest BCUT2D eigenvalue weighted by Crippen LogP contribution is -2.58. The van der Waals surface area contributed by atoms with Gasteiger partial charge in [0.2, 0.25) is 15.9 Å². The number of pyridine rings is 1. The Bertz CT molecular complexity index is 2180. The van der Waals surface area contributed by atoms with Crippen LogP contribution in [0.4, 0.5) is 17.2 Å². The van der Waals surface area contributed by atoms with Crippen LogP contribution in [0.2, 0.25) is 0 Å². The van der Waals surface area contributed by atoms with Crippen LogP contribution >= 0.6 is 0 Å². The highest BCUT2D eigenvalue weighted by Gasteiger charge is 2.57. The molecule has 5 heterocycles. The van der Waals surface area contributed by atoms with E-state index in [2.05, 4.69) is 42.5 Å². The van der Waals surface area contributed by atoms with E-state index in [-0.39, 0.29) is 23.1 Å². The summed E-state index contributed by atoms with van der Waals surface area (Å²) in [5, 5.41) is 5.87. The van der Waals surface area contributed by atoms with Gasteiger partial charge in [-0.2, -0.15) is 0 Å². The van der Waals surface area contributed by atoms with Gasteiger partial charge in [-0.3, -0.25) is 9.59 Å². The Labute approximate surface area is 304 Å². The highest BCUT2D eigenvalue weighted by molar-refractivity contribution is 7.90. The van der Waals surface area contributed by atoms with E-state index >= 15 is 0 Å². The quantitative estimate of drug-likeness (QED) is 0.225. The molecule has 2 aromatic carbocycles. The maximum absolute atomic E-state index is 14.8. The number of nitrogens with one attached hydrogen (secondary N) is 3. The number of aryl methyl sites for hydroxylation is 1. The third-order valence-corrected chi connectivity index (χ3v) is 14.7. The maximum atomic E-state index is 14.8. The summed E-state index contributed by atoms with van der Waals surface area (Å²) in [6.07, 6.45) is 9.77. The van der Waals surface area contributed by atoms with Crippen LogP contribution in [0.5, 0.6) is 0 Å². The highest BCUT2D eigenvalue weighted by atomic mass is 32.2. The summed E-state index contributed by atoms with van der Waals surface area (Å²) in [5.41, 5.74) is 6.45. The van der Waals surface area contributed by atoms with Crippen LogP contribution in [-0.2, 0) is 20.2 Å². The zero-order chi connectivity index (χ0) is 35.8. The van der Waals surface area contributed by atoms with Gasteiger partial charge < -0.3 is 25.4 Å². The maximum Gasteiger partial charge on any atom is 0.251 e. The van der Waals surface area contributed by atoms with Gasteiger partial charge in [0.25, 0.3) is 5.91 Å². The molecule has 2 aromatic heterocycles. The first-order valence-electron chi connectivity index (χ1n) is 18.8. The Morgan fingerprint density at radius 3 is 2.46 bits per heavy atom. The number of fused-ring (bicyclic) bond motifs is 3. The second kappa shape index (κ2) is 12.7. The van der Waals surface area contributed by atoms with Crippen molar-refractivity contribution in [3.63, 3.8) is 0 Å². The molecule has 0 radical (unpaired) electrons. The van der Waals surface area contributed by atoms with Crippen LogP contribution in [0.1, 0.15) is 79.3 Å². The van der Waals surface area contributed by atoms with Crippen molar-refractivity contribution >= 4 is 50.1 Å². The number of carbonyl (C=O) groups is 2. The molecule has 3 N–H and O–H groups in total. The number of hydrogen-bond acceptors (Lipinski definition) is 8. The number of aromatic amines is 1. The first-order chi connectivity index (χ1) is 25.2. The standard InChI is InChI=1S/C39H46N8O4S/c1-24-6-8-26(19-30(24)37(48)40-2)43-36-35-33(41-23-42-35)22-32(44-36)25-7-11-31-34(18-25)47(28-20-27(21-28)45-14-4-3-5-15-45)38(49)39(31)12-16-46(17-13-39)52(50,51)29-9-10-29/h6-8,11,18-19,22-23,27-29H,3-5,9-10,12-17,20-21H2,1-2H3,(H,40,48)(H,41,42)(H,43,44). The number of aromatic nitrogens is 3. The fraction of sp³-hybridized carbons (Fsp3) is 0.487. The van der Waals surface area contributed by atoms with Crippen LogP contribution in [0.15, 0.2) is 48.8 Å². The molecule has 2 amide bonds. The number of amides is 2. The smallest absolute Gasteiger partial charge is 0.251 e. The molecule has 0 atom stereocenters. The predicted molar refractivity (Wildman–Crippen MR) is 201 cm³/mol. The summed E-state index contributed by atoms with van der Waals surface area (Å²) in [6.45, 7) is 4.91. The molecule has 2 saturated heterocycles. The first-order valence-corrected chi connectivity index (χ1v) is 20.3. The Balaban J connectivity index is 1.07. The molecule has 2 saturated carbocycles. The molecule has 2 aliphatic carbocycles. The van der Waals surface area contributed by atoms with E-state index < -0.39 is 15.4 Å². The third kappa shape index (κ3) is 5.50. The van der Waals surface area contributed by atoms with Crippen molar-refractivity contribution in [3.8, 4) is 11.3 Å². The van der Waals surface area contributed by atoms with Gasteiger partial charge in [-0.05, 0) is 107 Å². The van der Waals surface area contributed by atoms with Crippen LogP contribution in [0, 0.1) is 6.92 Å². The van der Waals surface area contributed by atoms with Gasteiger partial charge in [0.05, 0.1) is 28.2 Å². The van der Waals surface area contributed by atoms with Crippen LogP contribution in [0.3, 0.4) is 0 Å². The molecule has 9 rings (SSSR count). The SMILES string of the molecule is CNC(=O)c1cc(Nc2nc(-c3ccc4c(c3)N(C3CC(N5CCCCC5)C3)C(=O)C43CCN(S(=O)(=O)C4CC4)CC3)cc3[nH]cnc23)ccc1C. The van der Waals surface area contributed by atoms with E-state index in [1.807, 2.05) is 37.3 Å². The number of sulfonamides is 1. The fourth-order valence-corrected chi connectivity index (χ4v) is 10.9. The Hall–Kier alpha value is -4.33. The van der Waals surface area contributed by atoms with Gasteiger partial charge in [-0.25, -0.2) is 22.7 Å². The molecular weight excluding hydrogens is 677 g/mol. The lowest BCUT2D eigenvalue weighted by molar-refractivity contribution is -0.125. The molecular formula is C39H46N8O4S. The fourth-order valence-electron chi connectivity index (χ4n) is 9.04. The number of imidazole rings is 1. The molecule has 4 aromatic rings. The first kappa shape index (κ1) is 33.5. The van der Waals surface area contributed by atoms with Gasteiger partial charge >= 0.3 is 0 Å². The Morgan fingerprint density at radius 2 is 1.73 bits per heavy atom. The normalized spacial score (nSPS) is 23.5. The lowest BCUT2D eigenvalue weighted by Gasteiger charge is -2.48. The van der Waals surface area contributed by atoms with E-state index in [9.17, 15) is 18.0 Å². The summed E-state index contributed by atoms with van der Waals surface area (Å²) >= 11 is 0. The minimum absolute atomic E-state index is 0.109. The number of H-pyrrole nitrogens is 1. The Kier molecular flexibility index (Phi) is 8.16. The average Bonchev–Trinajstić information content (AvgIpc) is 3.87. The van der Waals surface area contributed by atoms with Crippen LogP contribution in [-0.4, -0.2) is 94.9 Å². The van der Waals surface area contributed by atoms with E-state index in [1.54, 1.807) is 17.7 Å². The number of benzene rings is 2. The second-order valence-corrected chi connectivity index (χ2v) is 17.6. The molecule has 4 fully saturated rings. The molecule has 272 valence electrons. The van der Waals surface area contributed by atoms with Crippen molar-refractivity contribution in [1.82, 2.24) is 29.5 Å². The van der Waals surface area contributed by atoms with E-state index in [4.69, 9.17) is 4.98 Å². The summed E-state index contributed by atoms with van der Waals surface area (Å²) in [4.78, 5) is 44.9. The van der Waals surface area contributed by atoms with Crippen molar-refractivity contribution < 1.29 is 18.0 Å². The monoisotopic (exact) mass is 722 g/mol. The van der Waals surface area contributed by atoms with Crippen molar-refractivity contribution in [1.29, 1.82) is 0 Å². The number of carbonyl (C=O) groups excluding carboxylic acids is 2. The van der Waals surface area contributed by atoms with E-state index in [0.717, 1.165) is 72.4 Å². The van der Waals surface area contributed by atoms with Gasteiger partial charge in [0.1, 0.15) is 5.52 Å². The number of likely N-dealkylation sites (tertiary alicyclic amines) is 1. The van der Waals surface area contributed by atoms with Gasteiger partial charge in [0.15, 0.2) is 5.82 Å². The summed E-state index contributed by atoms with van der Waals surface area (Å²) in [5.74, 6) is 0.514. The van der Waals surface area contributed by atoms with Gasteiger partial charge in [-0.15, -0.1) is 0 Å². The van der Waals surface area contributed by atoms with Crippen LogP contribution in [0.25, 0.3) is 22.3 Å². The number of piperidine rings is 2. The van der Waals surface area contributed by atoms with Crippen molar-refractivity contribution in [3.05, 3.63) is 65.5 Å². The number of anilines is 3. The predicted octanol–water partition coefficient (Wildman–Crippen LogP) is 5.23. The average molecular weight is 723 g/mol. The van der Waals surface area contributed by atoms with Crippen molar-refractivity contribution in [2.75, 3.05) is 43.4 Å². The molecule has 5 aliphatic rings. The molecule has 0 bridgehead atoms. The lowest BCUT2D eigenvalue weighted by atomic mass is 9.73. The molecule has 1 spiro atoms. The summed E-state index contributed by atoms with van der Waals surface area (Å²) < 4.78 is 28.0. The zero-order valence-corrected chi connectivity index (χ0v) is 30.6. The number of rotatable bonds is 8. The number of nitrogens with zero attached hydrogens (tertiary/aromatic N) is 5. The molecule has 3 aliphatic heterocycles. The summed E-state index contributed by atoms with van der Waals surface area (Å²) in [7, 11) is -1.69. The van der Waals surface area contributed by atoms with E-state index in [1.165, 1.54) is 19.3 Å². The zero-order valence-electron chi connectivity index (χ0n) is 29.8. The molecule has 0 unspecified atom stereocenters. The van der Waals surface area contributed by atoms with Gasteiger partial charge in [0, 0.05) is 54.7 Å². The molecule has 12 nitrogen and oxygen atoms in total. The second-order valence-electron chi connectivity index (χ2n) is 15.4. The van der Waals surface area contributed by atoms with Crippen molar-refractivity contribution in [2.45, 2.75) is 87.5 Å². The minimum atomic E-state index is -3.31. The minimum Gasteiger partial charge on any atom is -0.355 e. The van der Waals surface area contributed by atoms with Gasteiger partial charge in [-0.1, -0.05) is 24.6 Å². The Morgan fingerprint density at radius 1 is 0.962 bits per heavy atom. The van der Waals surface area contributed by atoms with Crippen LogP contribution < -0.4 is 15.5 Å². The highest BCUT2D eigenvalue weighted by Crippen LogP contribution is 2.52. The molecule has 52 heavy (non-hydrogen) atoms. The van der Waals surface area contributed by atoms with E-state index in [0.29, 0.717) is 54.6 Å². The number of hydrogen-bond donors (Lipinski definition) is 3. The topological polar surface area (TPSA) is 144 Å². The summed E-state index contributed by atoms with van der Waals surface area (Å²) in [6, 6.07) is 14.5. The largest absolute Gasteiger partial charge is 0.355 e. The molecule has 13 heteroatoms. The van der Waals surface area contributed by atoms with Crippen molar-refractivity contribution in [2.24, 2.45) is 0 Å². The third-order valence-electron chi connectivity index (χ3n) is 12.3.